The maximum absolute atomic E-state index is 12.5. The molecule has 3 heterocycles. The molecule has 3 fully saturated rings. The van der Waals surface area contributed by atoms with Crippen molar-refractivity contribution in [3.05, 3.63) is 0 Å². The zero-order valence-electron chi connectivity index (χ0n) is 12.8. The summed E-state index contributed by atoms with van der Waals surface area (Å²) < 4.78 is 0. The molecule has 2 unspecified atom stereocenters. The third kappa shape index (κ3) is 3.17. The number of carbonyl (C=O) groups is 1. The van der Waals surface area contributed by atoms with Gasteiger partial charge in [0.25, 0.3) is 0 Å². The van der Waals surface area contributed by atoms with Gasteiger partial charge in [0.1, 0.15) is 0 Å². The number of hydrogen-bond acceptors (Lipinski definition) is 3. The van der Waals surface area contributed by atoms with Gasteiger partial charge in [-0.25, -0.2) is 0 Å². The summed E-state index contributed by atoms with van der Waals surface area (Å²) in [6, 6.07) is 1.34. The van der Waals surface area contributed by atoms with Crippen molar-refractivity contribution >= 4 is 5.91 Å². The molecular formula is C16H29N3O. The fraction of sp³-hybridized carbons (Fsp3) is 0.938. The van der Waals surface area contributed by atoms with Gasteiger partial charge in [0, 0.05) is 31.6 Å². The van der Waals surface area contributed by atoms with Crippen LogP contribution in [0.3, 0.4) is 0 Å². The van der Waals surface area contributed by atoms with Crippen LogP contribution in [0.1, 0.15) is 44.9 Å². The summed E-state index contributed by atoms with van der Waals surface area (Å²) in [4.78, 5) is 17.1. The predicted octanol–water partition coefficient (Wildman–Crippen LogP) is 1.46. The second-order valence-corrected chi connectivity index (χ2v) is 6.91. The quantitative estimate of drug-likeness (QED) is 0.849. The molecule has 3 aliphatic rings. The van der Waals surface area contributed by atoms with E-state index < -0.39 is 0 Å². The lowest BCUT2D eigenvalue weighted by Crippen LogP contribution is -2.40. The van der Waals surface area contributed by atoms with E-state index in [1.165, 1.54) is 32.1 Å². The molecule has 3 aliphatic heterocycles. The minimum absolute atomic E-state index is 0.407. The van der Waals surface area contributed by atoms with Crippen molar-refractivity contribution in [3.8, 4) is 0 Å². The Morgan fingerprint density at radius 2 is 1.85 bits per heavy atom. The SMILES string of the molecule is CN1C2CCC1CN(C(=O)CCC1CCNCC1)CC2. The molecule has 3 rings (SSSR count). The van der Waals surface area contributed by atoms with E-state index in [2.05, 4.69) is 22.2 Å². The third-order valence-corrected chi connectivity index (χ3v) is 5.73. The Morgan fingerprint density at radius 1 is 1.10 bits per heavy atom. The molecule has 2 atom stereocenters. The molecule has 3 saturated heterocycles. The van der Waals surface area contributed by atoms with Gasteiger partial charge in [-0.05, 0) is 64.6 Å². The van der Waals surface area contributed by atoms with Gasteiger partial charge in [0.15, 0.2) is 0 Å². The monoisotopic (exact) mass is 279 g/mol. The number of nitrogens with zero attached hydrogens (tertiary/aromatic N) is 2. The number of piperidine rings is 1. The largest absolute Gasteiger partial charge is 0.341 e. The third-order valence-electron chi connectivity index (χ3n) is 5.73. The molecule has 114 valence electrons. The van der Waals surface area contributed by atoms with Crippen LogP contribution in [0.15, 0.2) is 0 Å². The van der Waals surface area contributed by atoms with Crippen LogP contribution < -0.4 is 5.32 Å². The number of fused-ring (bicyclic) bond motifs is 2. The summed E-state index contributed by atoms with van der Waals surface area (Å²) in [5, 5.41) is 3.40. The highest BCUT2D eigenvalue weighted by atomic mass is 16.2. The van der Waals surface area contributed by atoms with Crippen LogP contribution in [-0.4, -0.2) is 61.0 Å². The van der Waals surface area contributed by atoms with Gasteiger partial charge in [-0.3, -0.25) is 9.69 Å². The van der Waals surface area contributed by atoms with E-state index >= 15 is 0 Å². The molecule has 0 radical (unpaired) electrons. The number of nitrogens with one attached hydrogen (secondary N) is 1. The maximum Gasteiger partial charge on any atom is 0.222 e. The standard InChI is InChI=1S/C16H29N3O/c1-18-14-3-4-15(18)12-19(11-8-14)16(20)5-2-13-6-9-17-10-7-13/h13-15,17H,2-12H2,1H3. The van der Waals surface area contributed by atoms with Gasteiger partial charge in [0.05, 0.1) is 0 Å². The Labute approximate surface area is 122 Å². The second kappa shape index (κ2) is 6.44. The summed E-state index contributed by atoms with van der Waals surface area (Å²) in [5.74, 6) is 1.18. The van der Waals surface area contributed by atoms with Gasteiger partial charge in [-0.1, -0.05) is 0 Å². The first-order chi connectivity index (χ1) is 9.74. The molecule has 0 aliphatic carbocycles. The Balaban J connectivity index is 1.47. The van der Waals surface area contributed by atoms with Crippen LogP contribution in [0.25, 0.3) is 0 Å². The Bertz CT molecular complexity index is 341. The van der Waals surface area contributed by atoms with Crippen molar-refractivity contribution < 1.29 is 4.79 Å². The van der Waals surface area contributed by atoms with Gasteiger partial charge < -0.3 is 10.2 Å². The molecule has 0 saturated carbocycles. The minimum atomic E-state index is 0.407. The number of carbonyl (C=O) groups excluding carboxylic acids is 1. The number of hydrogen-bond donors (Lipinski definition) is 1. The number of likely N-dealkylation sites (N-methyl/N-ethyl adjacent to an activating group) is 1. The van der Waals surface area contributed by atoms with Crippen molar-refractivity contribution in [1.29, 1.82) is 0 Å². The average Bonchev–Trinajstić information content (AvgIpc) is 2.71. The highest BCUT2D eigenvalue weighted by Crippen LogP contribution is 2.29. The van der Waals surface area contributed by atoms with Crippen molar-refractivity contribution in [3.63, 3.8) is 0 Å². The predicted molar refractivity (Wildman–Crippen MR) is 80.6 cm³/mol. The number of amides is 1. The number of rotatable bonds is 3. The summed E-state index contributed by atoms with van der Waals surface area (Å²) in [7, 11) is 2.24. The van der Waals surface area contributed by atoms with Crippen molar-refractivity contribution in [1.82, 2.24) is 15.1 Å². The molecule has 0 aromatic rings. The first-order valence-corrected chi connectivity index (χ1v) is 8.44. The summed E-state index contributed by atoms with van der Waals surface area (Å²) >= 11 is 0. The van der Waals surface area contributed by atoms with E-state index in [0.717, 1.165) is 51.0 Å². The van der Waals surface area contributed by atoms with Crippen LogP contribution in [-0.2, 0) is 4.79 Å². The molecule has 0 aromatic carbocycles. The molecule has 2 bridgehead atoms. The van der Waals surface area contributed by atoms with Gasteiger partial charge in [-0.15, -0.1) is 0 Å². The average molecular weight is 279 g/mol. The fourth-order valence-electron chi connectivity index (χ4n) is 4.19. The van der Waals surface area contributed by atoms with Crippen LogP contribution in [0.5, 0.6) is 0 Å². The topological polar surface area (TPSA) is 35.6 Å². The summed E-state index contributed by atoms with van der Waals surface area (Å²) in [6.45, 7) is 4.23. The first kappa shape index (κ1) is 14.3. The molecule has 0 spiro atoms. The Hall–Kier alpha value is -0.610. The van der Waals surface area contributed by atoms with E-state index in [1.54, 1.807) is 0 Å². The van der Waals surface area contributed by atoms with Gasteiger partial charge in [-0.2, -0.15) is 0 Å². The van der Waals surface area contributed by atoms with Crippen LogP contribution in [0, 0.1) is 5.92 Å². The van der Waals surface area contributed by atoms with Crippen molar-refractivity contribution in [2.45, 2.75) is 57.0 Å². The highest BCUT2D eigenvalue weighted by Gasteiger charge is 2.35. The molecule has 1 amide bonds. The van der Waals surface area contributed by atoms with Crippen molar-refractivity contribution in [2.24, 2.45) is 5.92 Å². The van der Waals surface area contributed by atoms with E-state index in [0.29, 0.717) is 11.9 Å². The first-order valence-electron chi connectivity index (χ1n) is 8.44. The van der Waals surface area contributed by atoms with Crippen LogP contribution in [0.4, 0.5) is 0 Å². The van der Waals surface area contributed by atoms with Crippen LogP contribution in [0.2, 0.25) is 0 Å². The molecule has 4 heteroatoms. The van der Waals surface area contributed by atoms with Crippen LogP contribution >= 0.6 is 0 Å². The lowest BCUT2D eigenvalue weighted by Gasteiger charge is -2.27. The molecule has 4 nitrogen and oxygen atoms in total. The van der Waals surface area contributed by atoms with Crippen molar-refractivity contribution in [2.75, 3.05) is 33.2 Å². The lowest BCUT2D eigenvalue weighted by molar-refractivity contribution is -0.131. The zero-order chi connectivity index (χ0) is 13.9. The van der Waals surface area contributed by atoms with E-state index in [-0.39, 0.29) is 0 Å². The summed E-state index contributed by atoms with van der Waals surface area (Å²) in [5.41, 5.74) is 0. The normalized spacial score (nSPS) is 32.4. The molecular weight excluding hydrogens is 250 g/mol. The Kier molecular flexibility index (Phi) is 4.61. The van der Waals surface area contributed by atoms with Gasteiger partial charge in [0.2, 0.25) is 5.91 Å². The number of likely N-dealkylation sites (tertiary alicyclic amines) is 1. The fourth-order valence-corrected chi connectivity index (χ4v) is 4.19. The lowest BCUT2D eigenvalue weighted by atomic mass is 9.93. The van der Waals surface area contributed by atoms with E-state index in [1.807, 2.05) is 0 Å². The molecule has 0 aromatic heterocycles. The highest BCUT2D eigenvalue weighted by molar-refractivity contribution is 5.76. The smallest absolute Gasteiger partial charge is 0.222 e. The van der Waals surface area contributed by atoms with E-state index in [4.69, 9.17) is 0 Å². The molecule has 20 heavy (non-hydrogen) atoms. The minimum Gasteiger partial charge on any atom is -0.341 e. The second-order valence-electron chi connectivity index (χ2n) is 6.91. The van der Waals surface area contributed by atoms with E-state index in [9.17, 15) is 4.79 Å². The van der Waals surface area contributed by atoms with Gasteiger partial charge >= 0.3 is 0 Å². The summed E-state index contributed by atoms with van der Waals surface area (Å²) in [6.07, 6.45) is 8.15. The maximum atomic E-state index is 12.5. The Morgan fingerprint density at radius 3 is 2.65 bits per heavy atom. The zero-order valence-corrected chi connectivity index (χ0v) is 12.8. The molecule has 1 N–H and O–H groups in total.